The van der Waals surface area contributed by atoms with E-state index in [4.69, 9.17) is 9.47 Å². The van der Waals surface area contributed by atoms with Crippen LogP contribution in [0, 0.1) is 0 Å². The number of hydrogen-bond acceptors (Lipinski definition) is 4. The molecule has 4 heteroatoms. The van der Waals surface area contributed by atoms with Gasteiger partial charge in [0.15, 0.2) is 0 Å². The minimum atomic E-state index is -0.441. The lowest BCUT2D eigenvalue weighted by atomic mass is 10.1. The maximum Gasteiger partial charge on any atom is 0.0897 e. The Kier molecular flexibility index (Phi) is 11.6. The van der Waals surface area contributed by atoms with Crippen molar-refractivity contribution in [2.24, 2.45) is 0 Å². The fourth-order valence-corrected chi connectivity index (χ4v) is 1.89. The number of aliphatic hydroxyl groups is 1. The van der Waals surface area contributed by atoms with Gasteiger partial charge >= 0.3 is 0 Å². The highest BCUT2D eigenvalue weighted by molar-refractivity contribution is 4.72. The molecule has 0 aromatic carbocycles. The third-order valence-electron chi connectivity index (χ3n) is 2.92. The average molecular weight is 275 g/mol. The van der Waals surface area contributed by atoms with Crippen LogP contribution in [0.5, 0.6) is 0 Å². The quantitative estimate of drug-likeness (QED) is 0.507. The van der Waals surface area contributed by atoms with Crippen LogP contribution in [-0.4, -0.2) is 49.7 Å². The van der Waals surface area contributed by atoms with Crippen LogP contribution in [0.3, 0.4) is 0 Å². The Hall–Kier alpha value is -0.160. The molecule has 0 saturated heterocycles. The fourth-order valence-electron chi connectivity index (χ4n) is 1.89. The number of aliphatic hydroxyl groups excluding tert-OH is 1. The molecule has 0 aliphatic rings. The first-order chi connectivity index (χ1) is 9.02. The summed E-state index contributed by atoms with van der Waals surface area (Å²) in [6, 6.07) is 0. The van der Waals surface area contributed by atoms with Crippen molar-refractivity contribution in [3.63, 3.8) is 0 Å². The molecule has 0 amide bonds. The van der Waals surface area contributed by atoms with Crippen LogP contribution in [0.2, 0.25) is 0 Å². The van der Waals surface area contributed by atoms with Crippen molar-refractivity contribution < 1.29 is 14.6 Å². The SMILES string of the molecule is CCCCCCOCC(O)CNCC(C)(C)OCC. The molecular weight excluding hydrogens is 242 g/mol. The second-order valence-electron chi connectivity index (χ2n) is 5.61. The Labute approximate surface area is 118 Å². The van der Waals surface area contributed by atoms with E-state index in [1.54, 1.807) is 0 Å². The Balaban J connectivity index is 3.41. The molecule has 19 heavy (non-hydrogen) atoms. The maximum atomic E-state index is 9.75. The summed E-state index contributed by atoms with van der Waals surface area (Å²) in [5, 5.41) is 13.0. The van der Waals surface area contributed by atoms with E-state index in [9.17, 15) is 5.11 Å². The van der Waals surface area contributed by atoms with Gasteiger partial charge in [-0.05, 0) is 27.2 Å². The zero-order chi connectivity index (χ0) is 14.6. The van der Waals surface area contributed by atoms with Gasteiger partial charge in [-0.2, -0.15) is 0 Å². The number of rotatable bonds is 13. The van der Waals surface area contributed by atoms with Gasteiger partial charge < -0.3 is 19.9 Å². The monoisotopic (exact) mass is 275 g/mol. The molecule has 0 fully saturated rings. The van der Waals surface area contributed by atoms with Crippen LogP contribution < -0.4 is 5.32 Å². The Morgan fingerprint density at radius 2 is 1.89 bits per heavy atom. The molecular formula is C15H33NO3. The van der Waals surface area contributed by atoms with Gasteiger partial charge in [0, 0.05) is 26.3 Å². The van der Waals surface area contributed by atoms with Gasteiger partial charge in [-0.3, -0.25) is 0 Å². The van der Waals surface area contributed by atoms with Crippen LogP contribution in [0.4, 0.5) is 0 Å². The zero-order valence-electron chi connectivity index (χ0n) is 13.2. The van der Waals surface area contributed by atoms with Crippen molar-refractivity contribution in [2.45, 2.75) is 65.1 Å². The van der Waals surface area contributed by atoms with E-state index < -0.39 is 6.10 Å². The van der Waals surface area contributed by atoms with Gasteiger partial charge in [0.2, 0.25) is 0 Å². The predicted octanol–water partition coefficient (Wildman–Crippen LogP) is 2.35. The summed E-state index contributed by atoms with van der Waals surface area (Å²) >= 11 is 0. The van der Waals surface area contributed by atoms with Crippen LogP contribution in [-0.2, 0) is 9.47 Å². The lowest BCUT2D eigenvalue weighted by Gasteiger charge is -2.25. The van der Waals surface area contributed by atoms with E-state index in [2.05, 4.69) is 12.2 Å². The number of nitrogens with one attached hydrogen (secondary N) is 1. The topological polar surface area (TPSA) is 50.7 Å². The summed E-state index contributed by atoms with van der Waals surface area (Å²) in [7, 11) is 0. The molecule has 0 spiro atoms. The van der Waals surface area contributed by atoms with E-state index in [1.807, 2.05) is 20.8 Å². The van der Waals surface area contributed by atoms with Crippen molar-refractivity contribution in [3.8, 4) is 0 Å². The first kappa shape index (κ1) is 18.8. The molecule has 0 heterocycles. The van der Waals surface area contributed by atoms with Crippen molar-refractivity contribution in [2.75, 3.05) is 32.9 Å². The maximum absolute atomic E-state index is 9.75. The minimum absolute atomic E-state index is 0.185. The molecule has 0 radical (unpaired) electrons. The molecule has 116 valence electrons. The third-order valence-corrected chi connectivity index (χ3v) is 2.92. The summed E-state index contributed by atoms with van der Waals surface area (Å²) in [5.41, 5.74) is -0.185. The van der Waals surface area contributed by atoms with Gasteiger partial charge in [-0.15, -0.1) is 0 Å². The zero-order valence-corrected chi connectivity index (χ0v) is 13.2. The minimum Gasteiger partial charge on any atom is -0.389 e. The fraction of sp³-hybridized carbons (Fsp3) is 1.00. The first-order valence-corrected chi connectivity index (χ1v) is 7.62. The van der Waals surface area contributed by atoms with E-state index in [-0.39, 0.29) is 5.60 Å². The summed E-state index contributed by atoms with van der Waals surface area (Å²) < 4.78 is 11.0. The van der Waals surface area contributed by atoms with E-state index in [0.29, 0.717) is 19.8 Å². The molecule has 0 bridgehead atoms. The summed E-state index contributed by atoms with van der Waals surface area (Å²) in [6.45, 7) is 11.4. The summed E-state index contributed by atoms with van der Waals surface area (Å²) in [5.74, 6) is 0. The molecule has 0 aromatic heterocycles. The highest BCUT2D eigenvalue weighted by Gasteiger charge is 2.17. The lowest BCUT2D eigenvalue weighted by Crippen LogP contribution is -2.41. The first-order valence-electron chi connectivity index (χ1n) is 7.62. The van der Waals surface area contributed by atoms with Crippen molar-refractivity contribution in [3.05, 3.63) is 0 Å². The summed E-state index contributed by atoms with van der Waals surface area (Å²) in [6.07, 6.45) is 4.37. The molecule has 0 aromatic rings. The molecule has 4 nitrogen and oxygen atoms in total. The van der Waals surface area contributed by atoms with Gasteiger partial charge in [-0.25, -0.2) is 0 Å². The van der Waals surface area contributed by atoms with Gasteiger partial charge in [0.1, 0.15) is 0 Å². The molecule has 2 N–H and O–H groups in total. The van der Waals surface area contributed by atoms with Crippen LogP contribution in [0.15, 0.2) is 0 Å². The second kappa shape index (κ2) is 11.6. The largest absolute Gasteiger partial charge is 0.389 e. The molecule has 1 atom stereocenters. The van der Waals surface area contributed by atoms with Crippen LogP contribution in [0.1, 0.15) is 53.4 Å². The molecule has 0 aliphatic heterocycles. The Morgan fingerprint density at radius 1 is 1.16 bits per heavy atom. The number of unbranched alkanes of at least 4 members (excludes halogenated alkanes) is 3. The lowest BCUT2D eigenvalue weighted by molar-refractivity contribution is -0.0136. The van der Waals surface area contributed by atoms with Crippen molar-refractivity contribution in [1.82, 2.24) is 5.32 Å². The van der Waals surface area contributed by atoms with Crippen LogP contribution >= 0.6 is 0 Å². The Morgan fingerprint density at radius 3 is 2.53 bits per heavy atom. The summed E-state index contributed by atoms with van der Waals surface area (Å²) in [4.78, 5) is 0. The Bertz CT molecular complexity index is 198. The predicted molar refractivity (Wildman–Crippen MR) is 79.5 cm³/mol. The van der Waals surface area contributed by atoms with E-state index in [0.717, 1.165) is 19.6 Å². The molecule has 0 aliphatic carbocycles. The van der Waals surface area contributed by atoms with Gasteiger partial charge in [-0.1, -0.05) is 26.2 Å². The highest BCUT2D eigenvalue weighted by Crippen LogP contribution is 2.06. The van der Waals surface area contributed by atoms with Crippen LogP contribution in [0.25, 0.3) is 0 Å². The van der Waals surface area contributed by atoms with Gasteiger partial charge in [0.05, 0.1) is 18.3 Å². The molecule has 1 unspecified atom stereocenters. The normalized spacial score (nSPS) is 13.7. The number of ether oxygens (including phenoxy) is 2. The highest BCUT2D eigenvalue weighted by atomic mass is 16.5. The average Bonchev–Trinajstić information content (AvgIpc) is 2.33. The molecule has 0 saturated carbocycles. The van der Waals surface area contributed by atoms with E-state index >= 15 is 0 Å². The van der Waals surface area contributed by atoms with Crippen molar-refractivity contribution in [1.29, 1.82) is 0 Å². The third kappa shape index (κ3) is 12.6. The number of hydrogen-bond donors (Lipinski definition) is 2. The second-order valence-corrected chi connectivity index (χ2v) is 5.61. The smallest absolute Gasteiger partial charge is 0.0897 e. The van der Waals surface area contributed by atoms with Crippen molar-refractivity contribution >= 4 is 0 Å². The standard InChI is InChI=1S/C15H33NO3/c1-5-7-8-9-10-18-12-14(17)11-16-13-15(3,4)19-6-2/h14,16-17H,5-13H2,1-4H3. The molecule has 0 rings (SSSR count). The van der Waals surface area contributed by atoms with E-state index in [1.165, 1.54) is 19.3 Å². The van der Waals surface area contributed by atoms with Gasteiger partial charge in [0.25, 0.3) is 0 Å².